The number of rotatable bonds is 3. The van der Waals surface area contributed by atoms with Gasteiger partial charge in [0, 0.05) is 18.6 Å². The van der Waals surface area contributed by atoms with Crippen molar-refractivity contribution in [3.05, 3.63) is 66.7 Å². The third kappa shape index (κ3) is 3.22. The molecule has 0 N–H and O–H groups in total. The SMILES string of the molecule is N#CC(C(=O)c1cc(Cl)ccc1I)c1ccccc1Br. The van der Waals surface area contributed by atoms with E-state index in [0.29, 0.717) is 16.1 Å². The molecule has 0 aliphatic rings. The molecule has 0 aliphatic heterocycles. The number of carbonyl (C=O) groups is 1. The molecule has 2 rings (SSSR count). The summed E-state index contributed by atoms with van der Waals surface area (Å²) in [6.45, 7) is 0. The number of hydrogen-bond donors (Lipinski definition) is 0. The zero-order valence-electron chi connectivity index (χ0n) is 10.1. The molecule has 0 radical (unpaired) electrons. The summed E-state index contributed by atoms with van der Waals surface area (Å²) < 4.78 is 1.53. The first-order valence-electron chi connectivity index (χ1n) is 5.68. The number of ketones is 1. The quantitative estimate of drug-likeness (QED) is 0.467. The van der Waals surface area contributed by atoms with Gasteiger partial charge in [0.05, 0.1) is 6.07 Å². The van der Waals surface area contributed by atoms with Crippen LogP contribution in [0.2, 0.25) is 5.02 Å². The van der Waals surface area contributed by atoms with Crippen molar-refractivity contribution in [2.24, 2.45) is 0 Å². The Labute approximate surface area is 144 Å². The van der Waals surface area contributed by atoms with Crippen LogP contribution in [0.1, 0.15) is 21.8 Å². The first kappa shape index (κ1) is 15.5. The highest BCUT2D eigenvalue weighted by Crippen LogP contribution is 2.29. The van der Waals surface area contributed by atoms with Crippen molar-refractivity contribution in [1.29, 1.82) is 5.26 Å². The van der Waals surface area contributed by atoms with Gasteiger partial charge in [0.1, 0.15) is 5.92 Å². The molecule has 0 fully saturated rings. The van der Waals surface area contributed by atoms with Crippen LogP contribution in [-0.4, -0.2) is 5.78 Å². The van der Waals surface area contributed by atoms with Crippen molar-refractivity contribution in [1.82, 2.24) is 0 Å². The van der Waals surface area contributed by atoms with Gasteiger partial charge in [-0.3, -0.25) is 4.79 Å². The van der Waals surface area contributed by atoms with Gasteiger partial charge in [-0.2, -0.15) is 5.26 Å². The second-order valence-corrected chi connectivity index (χ2v) is 6.53. The predicted molar refractivity (Wildman–Crippen MR) is 91.0 cm³/mol. The van der Waals surface area contributed by atoms with Crippen molar-refractivity contribution in [3.63, 3.8) is 0 Å². The summed E-state index contributed by atoms with van der Waals surface area (Å²) in [6.07, 6.45) is 0. The van der Waals surface area contributed by atoms with E-state index in [2.05, 4.69) is 44.6 Å². The van der Waals surface area contributed by atoms with Gasteiger partial charge in [0.2, 0.25) is 0 Å². The van der Waals surface area contributed by atoms with Gasteiger partial charge in [-0.1, -0.05) is 45.7 Å². The van der Waals surface area contributed by atoms with E-state index in [9.17, 15) is 10.1 Å². The average molecular weight is 460 g/mol. The van der Waals surface area contributed by atoms with Crippen LogP contribution in [-0.2, 0) is 0 Å². The van der Waals surface area contributed by atoms with Crippen LogP contribution in [0.15, 0.2) is 46.9 Å². The molecule has 5 heteroatoms. The van der Waals surface area contributed by atoms with Gasteiger partial charge in [0.25, 0.3) is 0 Å². The third-order valence-electron chi connectivity index (χ3n) is 2.80. The number of hydrogen-bond acceptors (Lipinski definition) is 2. The molecular formula is C15H8BrClINO. The number of carbonyl (C=O) groups excluding carboxylic acids is 1. The number of halogens is 3. The maximum absolute atomic E-state index is 12.6. The Morgan fingerprint density at radius 3 is 2.65 bits per heavy atom. The summed E-state index contributed by atoms with van der Waals surface area (Å²) in [5, 5.41) is 9.85. The largest absolute Gasteiger partial charge is 0.292 e. The minimum Gasteiger partial charge on any atom is -0.292 e. The lowest BCUT2D eigenvalue weighted by atomic mass is 9.92. The fourth-order valence-corrected chi connectivity index (χ4v) is 3.11. The maximum Gasteiger partial charge on any atom is 0.185 e. The summed E-state index contributed by atoms with van der Waals surface area (Å²) in [6, 6.07) is 14.4. The Bertz CT molecular complexity index is 711. The van der Waals surface area contributed by atoms with Gasteiger partial charge in [-0.25, -0.2) is 0 Å². The Hall–Kier alpha value is -0.900. The van der Waals surface area contributed by atoms with Crippen LogP contribution in [0.3, 0.4) is 0 Å². The second kappa shape index (κ2) is 6.70. The highest BCUT2D eigenvalue weighted by atomic mass is 127. The molecule has 1 atom stereocenters. The molecule has 2 nitrogen and oxygen atoms in total. The lowest BCUT2D eigenvalue weighted by Crippen LogP contribution is -2.13. The molecule has 0 aliphatic carbocycles. The minimum atomic E-state index is -0.849. The number of nitrogens with zero attached hydrogens (tertiary/aromatic N) is 1. The molecule has 0 aromatic heterocycles. The molecule has 0 heterocycles. The van der Waals surface area contributed by atoms with Gasteiger partial charge >= 0.3 is 0 Å². The molecule has 1 unspecified atom stereocenters. The van der Waals surface area contributed by atoms with Crippen LogP contribution >= 0.6 is 50.1 Å². The Morgan fingerprint density at radius 2 is 2.00 bits per heavy atom. The molecule has 0 amide bonds. The average Bonchev–Trinajstić information content (AvgIpc) is 2.44. The first-order valence-corrected chi connectivity index (χ1v) is 7.93. The topological polar surface area (TPSA) is 40.9 Å². The molecule has 0 saturated carbocycles. The molecule has 2 aromatic rings. The fourth-order valence-electron chi connectivity index (χ4n) is 1.82. The van der Waals surface area contributed by atoms with E-state index in [1.54, 1.807) is 30.3 Å². The Kier molecular flexibility index (Phi) is 5.19. The molecule has 0 bridgehead atoms. The molecule has 0 saturated heterocycles. The maximum atomic E-state index is 12.6. The minimum absolute atomic E-state index is 0.244. The zero-order chi connectivity index (χ0) is 14.7. The zero-order valence-corrected chi connectivity index (χ0v) is 14.6. The van der Waals surface area contributed by atoms with Crippen LogP contribution < -0.4 is 0 Å². The van der Waals surface area contributed by atoms with E-state index in [1.807, 2.05) is 12.1 Å². The Balaban J connectivity index is 2.48. The summed E-state index contributed by atoms with van der Waals surface area (Å²) in [7, 11) is 0. The van der Waals surface area contributed by atoms with E-state index in [4.69, 9.17) is 11.6 Å². The molecule has 100 valence electrons. The molecular weight excluding hydrogens is 452 g/mol. The van der Waals surface area contributed by atoms with E-state index < -0.39 is 5.92 Å². The molecule has 0 spiro atoms. The highest BCUT2D eigenvalue weighted by Gasteiger charge is 2.25. The lowest BCUT2D eigenvalue weighted by molar-refractivity contribution is 0.0978. The van der Waals surface area contributed by atoms with E-state index >= 15 is 0 Å². The summed E-state index contributed by atoms with van der Waals surface area (Å²) in [4.78, 5) is 12.6. The van der Waals surface area contributed by atoms with Crippen molar-refractivity contribution in [2.75, 3.05) is 0 Å². The van der Waals surface area contributed by atoms with Gasteiger partial charge in [-0.15, -0.1) is 0 Å². The monoisotopic (exact) mass is 459 g/mol. The van der Waals surface area contributed by atoms with Crippen LogP contribution in [0.4, 0.5) is 0 Å². The van der Waals surface area contributed by atoms with E-state index in [-0.39, 0.29) is 5.78 Å². The second-order valence-electron chi connectivity index (χ2n) is 4.07. The van der Waals surface area contributed by atoms with Gasteiger partial charge in [-0.05, 0) is 52.4 Å². The van der Waals surface area contributed by atoms with Crippen molar-refractivity contribution in [3.8, 4) is 6.07 Å². The Morgan fingerprint density at radius 1 is 1.30 bits per heavy atom. The van der Waals surface area contributed by atoms with E-state index in [1.165, 1.54) is 0 Å². The third-order valence-corrected chi connectivity index (χ3v) is 4.70. The standard InChI is InChI=1S/C15H8BrClINO/c16-13-4-2-1-3-10(13)12(8-19)15(20)11-7-9(17)5-6-14(11)18/h1-7,12H. The first-order chi connectivity index (χ1) is 9.54. The van der Waals surface area contributed by atoms with Crippen LogP contribution in [0.25, 0.3) is 0 Å². The normalized spacial score (nSPS) is 11.7. The van der Waals surface area contributed by atoms with Crippen LogP contribution in [0.5, 0.6) is 0 Å². The number of nitriles is 1. The van der Waals surface area contributed by atoms with E-state index in [0.717, 1.165) is 8.04 Å². The van der Waals surface area contributed by atoms with Gasteiger partial charge < -0.3 is 0 Å². The van der Waals surface area contributed by atoms with Crippen molar-refractivity contribution in [2.45, 2.75) is 5.92 Å². The number of Topliss-reactive ketones (excluding diaryl/α,β-unsaturated/α-hetero) is 1. The summed E-state index contributed by atoms with van der Waals surface area (Å²) >= 11 is 11.4. The lowest BCUT2D eigenvalue weighted by Gasteiger charge is -2.12. The smallest absolute Gasteiger partial charge is 0.185 e. The summed E-state index contributed by atoms with van der Waals surface area (Å²) in [5.41, 5.74) is 1.14. The molecule has 2 aromatic carbocycles. The fraction of sp³-hybridized carbons (Fsp3) is 0.0667. The predicted octanol–water partition coefficient (Wildman–Crippen LogP) is 5.20. The van der Waals surface area contributed by atoms with Gasteiger partial charge in [0.15, 0.2) is 5.78 Å². The highest BCUT2D eigenvalue weighted by molar-refractivity contribution is 14.1. The summed E-state index contributed by atoms with van der Waals surface area (Å²) in [5.74, 6) is -1.09. The van der Waals surface area contributed by atoms with Crippen molar-refractivity contribution >= 4 is 55.9 Å². The number of benzene rings is 2. The van der Waals surface area contributed by atoms with Crippen LogP contribution in [0, 0.1) is 14.9 Å². The van der Waals surface area contributed by atoms with Crippen molar-refractivity contribution < 1.29 is 4.79 Å². The molecule has 20 heavy (non-hydrogen) atoms.